The van der Waals surface area contributed by atoms with Crippen molar-refractivity contribution in [2.75, 3.05) is 13.9 Å². The van der Waals surface area contributed by atoms with Crippen LogP contribution < -0.4 is 4.74 Å². The van der Waals surface area contributed by atoms with Gasteiger partial charge < -0.3 is 9.47 Å². The van der Waals surface area contributed by atoms with E-state index in [1.165, 1.54) is 34.4 Å². The van der Waals surface area contributed by atoms with Crippen molar-refractivity contribution in [3.05, 3.63) is 99.9 Å². The van der Waals surface area contributed by atoms with E-state index in [-0.39, 0.29) is 12.6 Å². The molecule has 0 radical (unpaired) electrons. The molecule has 0 saturated heterocycles. The van der Waals surface area contributed by atoms with Crippen molar-refractivity contribution in [2.24, 2.45) is 0 Å². The molecule has 3 aromatic rings. The SMILES string of the molecule is COCOc1ccc(Cc2ccc3cc2C3)cc1Cc1ccc(F)cc1. The Morgan fingerprint density at radius 2 is 1.58 bits per heavy atom. The second-order valence-electron chi connectivity index (χ2n) is 6.75. The molecule has 2 aliphatic rings. The Kier molecular flexibility index (Phi) is 4.72. The summed E-state index contributed by atoms with van der Waals surface area (Å²) < 4.78 is 23.9. The molecule has 0 heterocycles. The highest BCUT2D eigenvalue weighted by atomic mass is 19.1. The monoisotopic (exact) mass is 348 g/mol. The molecule has 0 aliphatic heterocycles. The van der Waals surface area contributed by atoms with Gasteiger partial charge in [-0.25, -0.2) is 4.39 Å². The third-order valence-corrected chi connectivity index (χ3v) is 4.82. The van der Waals surface area contributed by atoms with Crippen molar-refractivity contribution in [3.8, 4) is 5.75 Å². The zero-order chi connectivity index (χ0) is 17.9. The maximum absolute atomic E-state index is 13.2. The molecule has 0 atom stereocenters. The normalized spacial score (nSPS) is 11.9. The van der Waals surface area contributed by atoms with Crippen LogP contribution in [0, 0.1) is 5.82 Å². The molecule has 26 heavy (non-hydrogen) atoms. The molecule has 5 rings (SSSR count). The number of hydrogen-bond donors (Lipinski definition) is 0. The molecule has 0 saturated carbocycles. The molecule has 0 spiro atoms. The van der Waals surface area contributed by atoms with Crippen LogP contribution in [-0.2, 0) is 24.0 Å². The van der Waals surface area contributed by atoms with Crippen LogP contribution in [0.15, 0.2) is 60.7 Å². The standard InChI is InChI=1S/C23H21FO2/c1-25-15-26-23-9-5-18(11-19-6-2-17-12-20(19)13-17)14-21(23)10-16-3-7-22(24)8-4-16/h2-9,12,14H,10-11,13,15H2,1H3. The Bertz CT molecular complexity index is 912. The predicted molar refractivity (Wildman–Crippen MR) is 100 cm³/mol. The van der Waals surface area contributed by atoms with Crippen molar-refractivity contribution in [1.29, 1.82) is 0 Å². The van der Waals surface area contributed by atoms with Crippen LogP contribution in [0.5, 0.6) is 5.75 Å². The molecule has 3 aromatic carbocycles. The van der Waals surface area contributed by atoms with Crippen LogP contribution in [0.4, 0.5) is 4.39 Å². The fourth-order valence-electron chi connectivity index (χ4n) is 3.40. The summed E-state index contributed by atoms with van der Waals surface area (Å²) in [5.74, 6) is 0.589. The molecule has 2 bridgehead atoms. The van der Waals surface area contributed by atoms with Gasteiger partial charge in [-0.15, -0.1) is 0 Å². The Balaban J connectivity index is 1.60. The lowest BCUT2D eigenvalue weighted by molar-refractivity contribution is 0.0505. The first-order valence-corrected chi connectivity index (χ1v) is 8.80. The van der Waals surface area contributed by atoms with Crippen LogP contribution in [0.25, 0.3) is 0 Å². The summed E-state index contributed by atoms with van der Waals surface area (Å²) in [7, 11) is 1.61. The lowest BCUT2D eigenvalue weighted by atomic mass is 9.85. The van der Waals surface area contributed by atoms with Gasteiger partial charge in [-0.05, 0) is 64.4 Å². The van der Waals surface area contributed by atoms with Gasteiger partial charge in [-0.2, -0.15) is 0 Å². The topological polar surface area (TPSA) is 18.5 Å². The van der Waals surface area contributed by atoms with E-state index in [1.54, 1.807) is 7.11 Å². The number of methoxy groups -OCH3 is 1. The van der Waals surface area contributed by atoms with Gasteiger partial charge in [0, 0.05) is 13.5 Å². The first kappa shape index (κ1) is 16.8. The maximum atomic E-state index is 13.2. The Morgan fingerprint density at radius 1 is 0.846 bits per heavy atom. The summed E-state index contributed by atoms with van der Waals surface area (Å²) >= 11 is 0. The van der Waals surface area contributed by atoms with E-state index in [1.807, 2.05) is 18.2 Å². The summed E-state index contributed by atoms with van der Waals surface area (Å²) in [4.78, 5) is 0. The lowest BCUT2D eigenvalue weighted by Gasteiger charge is -2.20. The number of rotatable bonds is 7. The van der Waals surface area contributed by atoms with Crippen molar-refractivity contribution >= 4 is 0 Å². The summed E-state index contributed by atoms with van der Waals surface area (Å²) in [6, 6.07) is 19.6. The number of hydrogen-bond acceptors (Lipinski definition) is 2. The maximum Gasteiger partial charge on any atom is 0.188 e. The second kappa shape index (κ2) is 7.30. The van der Waals surface area contributed by atoms with Crippen LogP contribution in [0.2, 0.25) is 0 Å². The highest BCUT2D eigenvalue weighted by molar-refractivity contribution is 5.47. The largest absolute Gasteiger partial charge is 0.467 e. The van der Waals surface area contributed by atoms with Crippen molar-refractivity contribution in [2.45, 2.75) is 19.3 Å². The van der Waals surface area contributed by atoms with E-state index >= 15 is 0 Å². The van der Waals surface area contributed by atoms with Gasteiger partial charge >= 0.3 is 0 Å². The van der Waals surface area contributed by atoms with Gasteiger partial charge in [-0.3, -0.25) is 0 Å². The number of halogens is 1. The van der Waals surface area contributed by atoms with E-state index in [0.29, 0.717) is 6.42 Å². The van der Waals surface area contributed by atoms with E-state index < -0.39 is 0 Å². The van der Waals surface area contributed by atoms with Gasteiger partial charge in [0.25, 0.3) is 0 Å². The van der Waals surface area contributed by atoms with E-state index in [4.69, 9.17) is 9.47 Å². The lowest BCUT2D eigenvalue weighted by Crippen LogP contribution is -2.07. The molecule has 0 aromatic heterocycles. The average Bonchev–Trinajstić information content (AvgIpc) is 2.62. The summed E-state index contributed by atoms with van der Waals surface area (Å²) in [6.07, 6.45) is 2.71. The van der Waals surface area contributed by atoms with E-state index in [2.05, 4.69) is 30.3 Å². The quantitative estimate of drug-likeness (QED) is 0.443. The van der Waals surface area contributed by atoms with Crippen LogP contribution in [0.3, 0.4) is 0 Å². The Hall–Kier alpha value is -2.65. The summed E-state index contributed by atoms with van der Waals surface area (Å²) in [5, 5.41) is 0. The highest BCUT2D eigenvalue weighted by Crippen LogP contribution is 2.29. The minimum absolute atomic E-state index is 0.210. The van der Waals surface area contributed by atoms with E-state index in [9.17, 15) is 4.39 Å². The van der Waals surface area contributed by atoms with Gasteiger partial charge in [0.1, 0.15) is 11.6 Å². The minimum atomic E-state index is -0.219. The van der Waals surface area contributed by atoms with Crippen molar-refractivity contribution in [1.82, 2.24) is 0 Å². The fraction of sp³-hybridized carbons (Fsp3) is 0.217. The molecular weight excluding hydrogens is 327 g/mol. The molecule has 2 aliphatic carbocycles. The van der Waals surface area contributed by atoms with Crippen LogP contribution in [0.1, 0.15) is 33.4 Å². The van der Waals surface area contributed by atoms with Gasteiger partial charge in [0.05, 0.1) is 0 Å². The molecular formula is C23H21FO2. The number of benzene rings is 3. The molecule has 0 fully saturated rings. The number of fused-ring (bicyclic) bond motifs is 2. The highest BCUT2D eigenvalue weighted by Gasteiger charge is 2.14. The van der Waals surface area contributed by atoms with Gasteiger partial charge in [0.2, 0.25) is 0 Å². The summed E-state index contributed by atoms with van der Waals surface area (Å²) in [6.45, 7) is 0.210. The molecule has 2 nitrogen and oxygen atoms in total. The molecule has 132 valence electrons. The average molecular weight is 348 g/mol. The minimum Gasteiger partial charge on any atom is -0.467 e. The smallest absolute Gasteiger partial charge is 0.188 e. The second-order valence-corrected chi connectivity index (χ2v) is 6.75. The number of ether oxygens (including phenoxy) is 2. The zero-order valence-electron chi connectivity index (χ0n) is 14.8. The first-order chi connectivity index (χ1) is 12.7. The predicted octanol–water partition coefficient (Wildman–Crippen LogP) is 4.89. The van der Waals surface area contributed by atoms with E-state index in [0.717, 1.165) is 29.7 Å². The fourth-order valence-corrected chi connectivity index (χ4v) is 3.40. The van der Waals surface area contributed by atoms with Crippen LogP contribution in [-0.4, -0.2) is 13.9 Å². The molecule has 0 amide bonds. The zero-order valence-corrected chi connectivity index (χ0v) is 14.8. The summed E-state index contributed by atoms with van der Waals surface area (Å²) in [5.41, 5.74) is 7.64. The molecule has 0 N–H and O–H groups in total. The van der Waals surface area contributed by atoms with Gasteiger partial charge in [-0.1, -0.05) is 42.5 Å². The molecule has 3 heteroatoms. The third kappa shape index (κ3) is 3.63. The van der Waals surface area contributed by atoms with Crippen LogP contribution >= 0.6 is 0 Å². The first-order valence-electron chi connectivity index (χ1n) is 8.80. The van der Waals surface area contributed by atoms with Gasteiger partial charge in [0.15, 0.2) is 6.79 Å². The van der Waals surface area contributed by atoms with Crippen molar-refractivity contribution in [3.63, 3.8) is 0 Å². The van der Waals surface area contributed by atoms with Crippen molar-refractivity contribution < 1.29 is 13.9 Å². The molecule has 0 unspecified atom stereocenters. The Labute approximate surface area is 153 Å². The third-order valence-electron chi connectivity index (χ3n) is 4.82. The Morgan fingerprint density at radius 3 is 2.27 bits per heavy atom.